The van der Waals surface area contributed by atoms with E-state index >= 15 is 0 Å². The summed E-state index contributed by atoms with van der Waals surface area (Å²) in [6.07, 6.45) is 3.08. The van der Waals surface area contributed by atoms with Crippen molar-refractivity contribution in [3.63, 3.8) is 0 Å². The van der Waals surface area contributed by atoms with E-state index < -0.39 is 0 Å². The van der Waals surface area contributed by atoms with Crippen molar-refractivity contribution < 1.29 is 27.3 Å². The molecule has 0 fully saturated rings. The van der Waals surface area contributed by atoms with Crippen molar-refractivity contribution in [2.24, 2.45) is 9.98 Å². The van der Waals surface area contributed by atoms with Gasteiger partial charge in [0.05, 0.1) is 13.1 Å². The zero-order valence-electron chi connectivity index (χ0n) is 13.2. The second-order valence-electron chi connectivity index (χ2n) is 4.52. The predicted molar refractivity (Wildman–Crippen MR) is 102 cm³/mol. The summed E-state index contributed by atoms with van der Waals surface area (Å²) in [4.78, 5) is 9.84. The van der Waals surface area contributed by atoms with Gasteiger partial charge in [0.15, 0.2) is 0 Å². The minimum atomic E-state index is -0.0689. The number of hydrogen-bond acceptors (Lipinski definition) is 4. The van der Waals surface area contributed by atoms with Gasteiger partial charge in [-0.05, 0) is 35.4 Å². The van der Waals surface area contributed by atoms with Crippen LogP contribution in [0.15, 0.2) is 55.3 Å². The molecule has 0 aliphatic heterocycles. The maximum Gasteiger partial charge on any atom is 3.00 e. The van der Waals surface area contributed by atoms with Gasteiger partial charge in [-0.3, -0.25) is 14.9 Å². The molecular formula is C16H12Br2MnN5O2. The van der Waals surface area contributed by atoms with Crippen LogP contribution >= 0.6 is 31.9 Å². The number of rotatable bonds is 5. The first kappa shape index (κ1) is 24.2. The van der Waals surface area contributed by atoms with E-state index in [0.29, 0.717) is 24.2 Å². The van der Waals surface area contributed by atoms with Gasteiger partial charge in [-0.2, -0.15) is 0 Å². The maximum absolute atomic E-state index is 11.6. The summed E-state index contributed by atoms with van der Waals surface area (Å²) in [5, 5.41) is 23.1. The molecular weight excluding hydrogens is 509 g/mol. The van der Waals surface area contributed by atoms with Crippen LogP contribution in [-0.2, 0) is 17.1 Å². The Labute approximate surface area is 178 Å². The Hall–Kier alpha value is -1.83. The van der Waals surface area contributed by atoms with Crippen LogP contribution in [0.1, 0.15) is 11.1 Å². The molecule has 7 nitrogen and oxygen atoms in total. The molecule has 0 spiro atoms. The Morgan fingerprint density at radius 1 is 0.846 bits per heavy atom. The minimum absolute atomic E-state index is 0. The van der Waals surface area contributed by atoms with Gasteiger partial charge in [0.1, 0.15) is 0 Å². The van der Waals surface area contributed by atoms with Crippen LogP contribution in [0.2, 0.25) is 0 Å². The molecule has 0 bridgehead atoms. The molecule has 0 aliphatic rings. The van der Waals surface area contributed by atoms with Gasteiger partial charge < -0.3 is 21.3 Å². The summed E-state index contributed by atoms with van der Waals surface area (Å²) in [6.45, 7) is 0.898. The van der Waals surface area contributed by atoms with E-state index in [4.69, 9.17) is 11.1 Å². The molecule has 0 saturated heterocycles. The molecule has 2 rings (SSSR count). The van der Waals surface area contributed by atoms with E-state index in [0.717, 1.165) is 8.95 Å². The van der Waals surface area contributed by atoms with Crippen molar-refractivity contribution in [3.05, 3.63) is 72.4 Å². The second kappa shape index (κ2) is 13.4. The molecule has 0 atom stereocenters. The van der Waals surface area contributed by atoms with Crippen LogP contribution in [0.4, 0.5) is 0 Å². The van der Waals surface area contributed by atoms with Gasteiger partial charge in [-0.1, -0.05) is 55.5 Å². The maximum atomic E-state index is 11.6. The van der Waals surface area contributed by atoms with Gasteiger partial charge in [-0.25, -0.2) is 0 Å². The summed E-state index contributed by atoms with van der Waals surface area (Å²) >= 11 is 6.62. The molecule has 0 saturated carbocycles. The Bertz CT molecular complexity index is 748. The molecule has 0 radical (unpaired) electrons. The van der Waals surface area contributed by atoms with Crippen LogP contribution in [0.3, 0.4) is 0 Å². The minimum Gasteiger partial charge on any atom is -0.872 e. The van der Waals surface area contributed by atoms with Crippen molar-refractivity contribution in [1.82, 2.24) is 0 Å². The Kier molecular flexibility index (Phi) is 12.4. The van der Waals surface area contributed by atoms with E-state index in [1.807, 2.05) is 0 Å². The van der Waals surface area contributed by atoms with Crippen molar-refractivity contribution in [2.75, 3.05) is 13.1 Å². The summed E-state index contributed by atoms with van der Waals surface area (Å²) in [5.74, 6) is -0.138. The topological polar surface area (TPSA) is 130 Å². The molecule has 0 heterocycles. The second-order valence-corrected chi connectivity index (χ2v) is 6.36. The third-order valence-electron chi connectivity index (χ3n) is 2.76. The molecule has 0 aromatic heterocycles. The zero-order valence-corrected chi connectivity index (χ0v) is 17.6. The Morgan fingerprint density at radius 2 is 1.19 bits per heavy atom. The summed E-state index contributed by atoms with van der Waals surface area (Å²) in [5.41, 5.74) is 14.6. The first-order valence-electron chi connectivity index (χ1n) is 6.89. The van der Waals surface area contributed by atoms with E-state index in [1.165, 1.54) is 17.0 Å². The van der Waals surface area contributed by atoms with Crippen molar-refractivity contribution in [2.45, 2.75) is 0 Å². The average molecular weight is 521 g/mol. The van der Waals surface area contributed by atoms with E-state index in [9.17, 15) is 10.2 Å². The smallest absolute Gasteiger partial charge is 0.872 e. The zero-order chi connectivity index (χ0) is 18.7. The summed E-state index contributed by atoms with van der Waals surface area (Å²) in [7, 11) is 0. The fourth-order valence-corrected chi connectivity index (χ4v) is 2.44. The molecule has 26 heavy (non-hydrogen) atoms. The number of nitrogens with zero attached hydrogens (tertiary/aromatic N) is 5. The SMILES string of the molecule is [Mn+3].[N-]=[N+]=[N-].[O-]c1ccc(Br)cc1C=NCCN=Cc1cc(Br)ccc1[O-]. The van der Waals surface area contributed by atoms with Crippen LogP contribution in [-0.4, -0.2) is 25.5 Å². The third-order valence-corrected chi connectivity index (χ3v) is 3.75. The summed E-state index contributed by atoms with van der Waals surface area (Å²) in [6, 6.07) is 9.82. The molecule has 0 N–H and O–H groups in total. The number of benzene rings is 2. The molecule has 10 heteroatoms. The quantitative estimate of drug-likeness (QED) is 0.148. The van der Waals surface area contributed by atoms with E-state index in [1.54, 1.807) is 36.7 Å². The first-order valence-corrected chi connectivity index (χ1v) is 8.47. The van der Waals surface area contributed by atoms with Gasteiger partial charge >= 0.3 is 17.1 Å². The van der Waals surface area contributed by atoms with Gasteiger partial charge in [-0.15, -0.1) is 0 Å². The van der Waals surface area contributed by atoms with Crippen LogP contribution in [0.5, 0.6) is 11.5 Å². The standard InChI is InChI=1S/C16H14Br2N2O2.Mn.N3/c17-13-1-3-15(21)11(7-13)9-19-5-6-20-10-12-8-14(18)2-4-16(12)22;;1-3-2/h1-4,7-10,21-22H,5-6H2;;/q;+3;-1/p-2. The monoisotopic (exact) mass is 519 g/mol. The number of halogens is 2. The first-order chi connectivity index (χ1) is 12.0. The number of hydrogen-bond donors (Lipinski definition) is 0. The van der Waals surface area contributed by atoms with E-state index in [2.05, 4.69) is 41.8 Å². The largest absolute Gasteiger partial charge is 3.00 e. The van der Waals surface area contributed by atoms with Crippen molar-refractivity contribution in [3.8, 4) is 11.5 Å². The molecule has 2 aromatic rings. The van der Waals surface area contributed by atoms with Crippen molar-refractivity contribution in [1.29, 1.82) is 0 Å². The fourth-order valence-electron chi connectivity index (χ4n) is 1.68. The van der Waals surface area contributed by atoms with Gasteiger partial charge in [0.2, 0.25) is 0 Å². The molecule has 0 amide bonds. The summed E-state index contributed by atoms with van der Waals surface area (Å²) < 4.78 is 1.67. The average Bonchev–Trinajstić information content (AvgIpc) is 2.57. The fraction of sp³-hybridized carbons (Fsp3) is 0.125. The molecule has 0 aliphatic carbocycles. The molecule has 134 valence electrons. The van der Waals surface area contributed by atoms with Crippen LogP contribution in [0.25, 0.3) is 16.0 Å². The normalized spacial score (nSPS) is 10.1. The third kappa shape index (κ3) is 9.03. The number of aliphatic imine (C=N–C) groups is 2. The Balaban J connectivity index is 0.00000146. The Morgan fingerprint density at radius 3 is 1.54 bits per heavy atom. The van der Waals surface area contributed by atoms with E-state index in [-0.39, 0.29) is 28.6 Å². The van der Waals surface area contributed by atoms with Crippen molar-refractivity contribution >= 4 is 44.3 Å². The van der Waals surface area contributed by atoms with Crippen LogP contribution < -0.4 is 10.2 Å². The van der Waals surface area contributed by atoms with Gasteiger partial charge in [0.25, 0.3) is 0 Å². The molecule has 2 aromatic carbocycles. The predicted octanol–water partition coefficient (Wildman–Crippen LogP) is 3.76. The van der Waals surface area contributed by atoms with Crippen LogP contribution in [0, 0.1) is 0 Å². The van der Waals surface area contributed by atoms with Gasteiger partial charge in [0, 0.05) is 21.4 Å². The molecule has 0 unspecified atom stereocenters.